The largest absolute Gasteiger partial charge is 0.397 e. The molecule has 2 aromatic rings. The number of benzene rings is 1. The monoisotopic (exact) mass is 411 g/mol. The Labute approximate surface area is 171 Å². The van der Waals surface area contributed by atoms with Crippen LogP contribution in [-0.4, -0.2) is 23.0 Å². The molecule has 154 valence electrons. The van der Waals surface area contributed by atoms with Gasteiger partial charge in [0.2, 0.25) is 11.9 Å². The van der Waals surface area contributed by atoms with Gasteiger partial charge in [-0.25, -0.2) is 14.4 Å². The number of aromatic nitrogens is 1. The highest BCUT2D eigenvalue weighted by Gasteiger charge is 2.11. The quantitative estimate of drug-likeness (QED) is 0.381. The molecule has 3 rings (SSSR count). The summed E-state index contributed by atoms with van der Waals surface area (Å²) >= 11 is 0. The second-order valence-corrected chi connectivity index (χ2v) is 6.50. The minimum Gasteiger partial charge on any atom is -0.397 e. The van der Waals surface area contributed by atoms with Crippen molar-refractivity contribution in [2.24, 2.45) is 10.9 Å². The Morgan fingerprint density at radius 1 is 1.20 bits per heavy atom. The number of hydrogen-bond acceptors (Lipinski definition) is 5. The fraction of sp³-hybridized carbons (Fsp3) is 0.143. The number of allylic oxidation sites excluding steroid dienone is 2. The molecule has 1 aliphatic rings. The van der Waals surface area contributed by atoms with E-state index in [1.54, 1.807) is 18.2 Å². The van der Waals surface area contributed by atoms with Gasteiger partial charge in [0.05, 0.1) is 23.3 Å². The Morgan fingerprint density at radius 3 is 2.70 bits per heavy atom. The molecule has 1 unspecified atom stereocenters. The highest BCUT2D eigenvalue weighted by molar-refractivity contribution is 6.04. The number of carbonyl (C=O) groups is 2. The summed E-state index contributed by atoms with van der Waals surface area (Å²) in [6.07, 6.45) is 8.35. The van der Waals surface area contributed by atoms with Crippen molar-refractivity contribution >= 4 is 35.1 Å². The van der Waals surface area contributed by atoms with Gasteiger partial charge in [0.25, 0.3) is 5.91 Å². The lowest BCUT2D eigenvalue weighted by Gasteiger charge is -2.09. The summed E-state index contributed by atoms with van der Waals surface area (Å²) in [6, 6.07) is 6.63. The zero-order valence-corrected chi connectivity index (χ0v) is 15.8. The van der Waals surface area contributed by atoms with Crippen LogP contribution in [0.5, 0.6) is 0 Å². The first-order valence-corrected chi connectivity index (χ1v) is 9.09. The molecule has 30 heavy (non-hydrogen) atoms. The van der Waals surface area contributed by atoms with E-state index in [-0.39, 0.29) is 35.3 Å². The molecule has 1 aromatic carbocycles. The van der Waals surface area contributed by atoms with Crippen molar-refractivity contribution in [3.63, 3.8) is 0 Å². The molecular weight excluding hydrogens is 392 g/mol. The van der Waals surface area contributed by atoms with Gasteiger partial charge < -0.3 is 16.4 Å². The lowest BCUT2D eigenvalue weighted by atomic mass is 10.0. The summed E-state index contributed by atoms with van der Waals surface area (Å²) in [5, 5.41) is 5.21. The van der Waals surface area contributed by atoms with Crippen LogP contribution >= 0.6 is 0 Å². The number of nitrogens with zero attached hydrogens (tertiary/aromatic N) is 2. The molecule has 2 heterocycles. The molecule has 0 aliphatic carbocycles. The molecule has 7 nitrogen and oxygen atoms in total. The molecule has 0 radical (unpaired) electrons. The van der Waals surface area contributed by atoms with E-state index in [9.17, 15) is 18.4 Å². The van der Waals surface area contributed by atoms with E-state index in [4.69, 9.17) is 5.73 Å². The smallest absolute Gasteiger partial charge is 0.274 e. The van der Waals surface area contributed by atoms with Gasteiger partial charge in [0, 0.05) is 18.6 Å². The van der Waals surface area contributed by atoms with Crippen LogP contribution in [-0.2, 0) is 4.79 Å². The number of halogens is 2. The summed E-state index contributed by atoms with van der Waals surface area (Å²) in [7, 11) is 0. The average molecular weight is 411 g/mol. The molecule has 0 saturated heterocycles. The third-order valence-corrected chi connectivity index (χ3v) is 4.18. The second kappa shape index (κ2) is 9.55. The van der Waals surface area contributed by atoms with E-state index in [1.165, 1.54) is 36.7 Å². The van der Waals surface area contributed by atoms with Gasteiger partial charge in [-0.05, 0) is 42.8 Å². The molecule has 2 amide bonds. The third-order valence-electron chi connectivity index (χ3n) is 4.18. The Balaban J connectivity index is 1.50. The van der Waals surface area contributed by atoms with Crippen molar-refractivity contribution in [2.75, 3.05) is 16.4 Å². The van der Waals surface area contributed by atoms with Crippen molar-refractivity contribution in [3.8, 4) is 0 Å². The Kier molecular flexibility index (Phi) is 6.63. The molecule has 1 aliphatic heterocycles. The maximum atomic E-state index is 13.1. The van der Waals surface area contributed by atoms with E-state index >= 15 is 0 Å². The van der Waals surface area contributed by atoms with E-state index in [0.717, 1.165) is 6.07 Å². The maximum Gasteiger partial charge on any atom is 0.274 e. The molecule has 4 N–H and O–H groups in total. The molecule has 1 aromatic heterocycles. The van der Waals surface area contributed by atoms with Crippen LogP contribution < -0.4 is 16.4 Å². The lowest BCUT2D eigenvalue weighted by Crippen LogP contribution is -2.15. The Hall–Kier alpha value is -3.88. The number of nitrogen functional groups attached to an aromatic ring is 1. The molecule has 9 heteroatoms. The molecular formula is C21H19F2N5O2. The maximum absolute atomic E-state index is 13.1. The fourth-order valence-electron chi connectivity index (χ4n) is 2.64. The van der Waals surface area contributed by atoms with Crippen LogP contribution in [0.25, 0.3) is 0 Å². The third kappa shape index (κ3) is 5.81. The van der Waals surface area contributed by atoms with Crippen molar-refractivity contribution in [1.29, 1.82) is 0 Å². The Morgan fingerprint density at radius 2 is 2.03 bits per heavy atom. The fourth-order valence-corrected chi connectivity index (χ4v) is 2.64. The van der Waals surface area contributed by atoms with E-state index in [2.05, 4.69) is 20.6 Å². The minimum absolute atomic E-state index is 0.0353. The van der Waals surface area contributed by atoms with Crippen molar-refractivity contribution in [3.05, 3.63) is 72.2 Å². The van der Waals surface area contributed by atoms with Gasteiger partial charge in [-0.3, -0.25) is 9.59 Å². The van der Waals surface area contributed by atoms with Crippen LogP contribution in [0.4, 0.5) is 25.8 Å². The molecule has 0 fully saturated rings. The lowest BCUT2D eigenvalue weighted by molar-refractivity contribution is -0.115. The zero-order valence-electron chi connectivity index (χ0n) is 15.8. The van der Waals surface area contributed by atoms with Crippen molar-refractivity contribution < 1.29 is 18.4 Å². The van der Waals surface area contributed by atoms with Crippen LogP contribution in [0, 0.1) is 11.7 Å². The predicted molar refractivity (Wildman–Crippen MR) is 111 cm³/mol. The molecule has 0 bridgehead atoms. The number of carbonyl (C=O) groups excluding carboxylic acids is 2. The van der Waals surface area contributed by atoms with Crippen LogP contribution in [0.2, 0.25) is 0 Å². The summed E-state index contributed by atoms with van der Waals surface area (Å²) in [5.41, 5.74) is 6.57. The molecule has 0 spiro atoms. The molecule has 0 saturated carbocycles. The van der Waals surface area contributed by atoms with Crippen molar-refractivity contribution in [2.45, 2.75) is 12.8 Å². The van der Waals surface area contributed by atoms with Crippen LogP contribution in [0.1, 0.15) is 23.3 Å². The standard InChI is InChI=1S/C21H19F2N5O2/c22-14-5-7-17(16(24)10-14)28-21(30)18-8-6-15(12-25-18)27-20(29)3-1-2-13-4-9-19(23)26-11-13/h1-2,5-13H,3-4,24H2,(H,27,29)(H,28,30)/b2-1+. The van der Waals surface area contributed by atoms with Gasteiger partial charge in [-0.15, -0.1) is 0 Å². The molecule has 1 atom stereocenters. The van der Waals surface area contributed by atoms with E-state index in [0.29, 0.717) is 12.1 Å². The van der Waals surface area contributed by atoms with Gasteiger partial charge in [-0.2, -0.15) is 4.39 Å². The number of nitrogens with two attached hydrogens (primary N) is 1. The first-order chi connectivity index (χ1) is 14.4. The number of amides is 2. The van der Waals surface area contributed by atoms with E-state index in [1.807, 2.05) is 0 Å². The summed E-state index contributed by atoms with van der Waals surface area (Å²) in [6.45, 7) is 0. The first-order valence-electron chi connectivity index (χ1n) is 9.09. The van der Waals surface area contributed by atoms with Crippen molar-refractivity contribution in [1.82, 2.24) is 4.98 Å². The second-order valence-electron chi connectivity index (χ2n) is 6.50. The average Bonchev–Trinajstić information content (AvgIpc) is 2.72. The van der Waals surface area contributed by atoms with Gasteiger partial charge >= 0.3 is 0 Å². The zero-order chi connectivity index (χ0) is 21.5. The summed E-state index contributed by atoms with van der Waals surface area (Å²) < 4.78 is 25.9. The number of hydrogen-bond donors (Lipinski definition) is 3. The highest BCUT2D eigenvalue weighted by Crippen LogP contribution is 2.20. The summed E-state index contributed by atoms with van der Waals surface area (Å²) in [4.78, 5) is 31.9. The number of aliphatic imine (C=N–C) groups is 1. The number of pyridine rings is 1. The summed E-state index contributed by atoms with van der Waals surface area (Å²) in [5.74, 6) is -1.82. The van der Waals surface area contributed by atoms with Crippen LogP contribution in [0.15, 0.2) is 65.7 Å². The first kappa shape index (κ1) is 20.8. The topological polar surface area (TPSA) is 109 Å². The van der Waals surface area contributed by atoms with Gasteiger partial charge in [0.1, 0.15) is 11.5 Å². The number of rotatable bonds is 6. The number of nitrogens with one attached hydrogen (secondary N) is 2. The minimum atomic E-state index is -0.520. The normalized spacial score (nSPS) is 15.7. The SMILES string of the molecule is Nc1cc(F)ccc1NC(=O)c1ccc(NC(=O)C/C=C/C2C=NC(F)=CC2)cn1. The number of anilines is 3. The highest BCUT2D eigenvalue weighted by atomic mass is 19.1. The van der Waals surface area contributed by atoms with Gasteiger partial charge in [0.15, 0.2) is 0 Å². The van der Waals surface area contributed by atoms with Crippen LogP contribution in [0.3, 0.4) is 0 Å². The predicted octanol–water partition coefficient (Wildman–Crippen LogP) is 3.84. The van der Waals surface area contributed by atoms with Gasteiger partial charge in [-0.1, -0.05) is 12.2 Å². The Bertz CT molecular complexity index is 1030. The van der Waals surface area contributed by atoms with E-state index < -0.39 is 17.7 Å².